The molecular weight excluding hydrogens is 392 g/mol. The summed E-state index contributed by atoms with van der Waals surface area (Å²) in [7, 11) is 0. The van der Waals surface area contributed by atoms with Gasteiger partial charge in [0.1, 0.15) is 25.5 Å². The first-order chi connectivity index (χ1) is 14.7. The van der Waals surface area contributed by atoms with Gasteiger partial charge in [-0.3, -0.25) is 4.79 Å². The van der Waals surface area contributed by atoms with Gasteiger partial charge in [-0.05, 0) is 30.3 Å². The summed E-state index contributed by atoms with van der Waals surface area (Å²) in [5.74, 6) is 2.93. The van der Waals surface area contributed by atoms with Crippen molar-refractivity contribution in [2.45, 2.75) is 6.61 Å². The fraction of sp³-hybridized carbons (Fsp3) is 0.238. The van der Waals surface area contributed by atoms with Crippen molar-refractivity contribution in [1.82, 2.24) is 5.16 Å². The number of nitrogens with zero attached hydrogens (tertiary/aromatic N) is 1. The Labute approximate surface area is 171 Å². The first-order valence-electron chi connectivity index (χ1n) is 9.37. The molecule has 0 bridgehead atoms. The quantitative estimate of drug-likeness (QED) is 0.662. The van der Waals surface area contributed by atoms with E-state index in [2.05, 4.69) is 10.5 Å². The molecule has 5 rings (SSSR count). The number of benzene rings is 2. The third kappa shape index (κ3) is 3.87. The van der Waals surface area contributed by atoms with Crippen LogP contribution in [0.2, 0.25) is 0 Å². The number of carbonyl (C=O) groups is 1. The zero-order valence-corrected chi connectivity index (χ0v) is 15.9. The Morgan fingerprint density at radius 1 is 0.933 bits per heavy atom. The average Bonchev–Trinajstić information content (AvgIpc) is 3.42. The molecule has 1 amide bonds. The summed E-state index contributed by atoms with van der Waals surface area (Å²) >= 11 is 0. The van der Waals surface area contributed by atoms with Crippen LogP contribution >= 0.6 is 0 Å². The van der Waals surface area contributed by atoms with Crippen LogP contribution in [0.3, 0.4) is 0 Å². The molecule has 30 heavy (non-hydrogen) atoms. The predicted octanol–water partition coefficient (Wildman–Crippen LogP) is 3.00. The van der Waals surface area contributed by atoms with Gasteiger partial charge >= 0.3 is 0 Å². The van der Waals surface area contributed by atoms with Gasteiger partial charge in [0.05, 0.1) is 6.61 Å². The van der Waals surface area contributed by atoms with Crippen LogP contribution in [0.25, 0.3) is 11.3 Å². The molecule has 0 radical (unpaired) electrons. The van der Waals surface area contributed by atoms with Gasteiger partial charge in [0.2, 0.25) is 12.7 Å². The van der Waals surface area contributed by atoms with Crippen LogP contribution in [0.4, 0.5) is 5.69 Å². The molecule has 0 saturated heterocycles. The highest BCUT2D eigenvalue weighted by molar-refractivity contribution is 5.92. The second-order valence-electron chi connectivity index (χ2n) is 6.65. The summed E-state index contributed by atoms with van der Waals surface area (Å²) in [6.07, 6.45) is 0. The van der Waals surface area contributed by atoms with Crippen molar-refractivity contribution in [3.8, 4) is 34.3 Å². The predicted molar refractivity (Wildman–Crippen MR) is 104 cm³/mol. The minimum atomic E-state index is -0.286. The van der Waals surface area contributed by atoms with E-state index in [0.717, 1.165) is 5.56 Å². The number of nitrogens with one attached hydrogen (secondary N) is 1. The maximum Gasteiger partial charge on any atom is 0.250 e. The zero-order valence-electron chi connectivity index (χ0n) is 15.9. The second-order valence-corrected chi connectivity index (χ2v) is 6.65. The van der Waals surface area contributed by atoms with Crippen LogP contribution in [-0.2, 0) is 16.1 Å². The van der Waals surface area contributed by atoms with Crippen molar-refractivity contribution in [2.75, 3.05) is 31.9 Å². The van der Waals surface area contributed by atoms with Crippen molar-refractivity contribution >= 4 is 11.6 Å². The third-order valence-corrected chi connectivity index (χ3v) is 4.53. The van der Waals surface area contributed by atoms with E-state index in [1.165, 1.54) is 0 Å². The van der Waals surface area contributed by atoms with Crippen LogP contribution < -0.4 is 24.3 Å². The number of carbonyl (C=O) groups excluding carboxylic acids is 1. The van der Waals surface area contributed by atoms with Crippen molar-refractivity contribution in [3.05, 3.63) is 48.2 Å². The molecule has 3 heterocycles. The molecule has 2 aliphatic rings. The summed E-state index contributed by atoms with van der Waals surface area (Å²) < 4.78 is 32.5. The molecule has 3 aromatic rings. The molecule has 0 atom stereocenters. The first-order valence-corrected chi connectivity index (χ1v) is 9.37. The fourth-order valence-corrected chi connectivity index (χ4v) is 3.13. The SMILES string of the molecule is O=C(COCc1cc(-c2ccc3c(c2)OCO3)on1)Nc1ccc2c(c1)OCCO2. The largest absolute Gasteiger partial charge is 0.486 e. The molecule has 0 aliphatic carbocycles. The number of hydrogen-bond donors (Lipinski definition) is 1. The molecule has 0 saturated carbocycles. The maximum atomic E-state index is 12.1. The molecular formula is C21H18N2O7. The molecule has 0 unspecified atom stereocenters. The highest BCUT2D eigenvalue weighted by Gasteiger charge is 2.16. The van der Waals surface area contributed by atoms with E-state index < -0.39 is 0 Å². The van der Waals surface area contributed by atoms with Gasteiger partial charge in [0, 0.05) is 23.4 Å². The number of fused-ring (bicyclic) bond motifs is 2. The monoisotopic (exact) mass is 410 g/mol. The van der Waals surface area contributed by atoms with Gasteiger partial charge in [-0.2, -0.15) is 0 Å². The lowest BCUT2D eigenvalue weighted by Crippen LogP contribution is -2.19. The molecule has 1 aromatic heterocycles. The number of amides is 1. The number of rotatable bonds is 6. The Kier molecular flexibility index (Phi) is 4.86. The van der Waals surface area contributed by atoms with E-state index in [0.29, 0.717) is 53.4 Å². The van der Waals surface area contributed by atoms with Crippen LogP contribution in [-0.4, -0.2) is 37.7 Å². The van der Waals surface area contributed by atoms with Crippen molar-refractivity contribution in [3.63, 3.8) is 0 Å². The van der Waals surface area contributed by atoms with Crippen molar-refractivity contribution in [1.29, 1.82) is 0 Å². The highest BCUT2D eigenvalue weighted by atomic mass is 16.7. The number of aromatic nitrogens is 1. The van der Waals surface area contributed by atoms with E-state index in [9.17, 15) is 4.79 Å². The first kappa shape index (κ1) is 18.3. The Bertz CT molecular complexity index is 1080. The van der Waals surface area contributed by atoms with Gasteiger partial charge in [0.25, 0.3) is 0 Å². The number of hydrogen-bond acceptors (Lipinski definition) is 8. The lowest BCUT2D eigenvalue weighted by Gasteiger charge is -2.19. The van der Waals surface area contributed by atoms with Crippen LogP contribution in [0, 0.1) is 0 Å². The minimum absolute atomic E-state index is 0.124. The van der Waals surface area contributed by atoms with Gasteiger partial charge in [-0.1, -0.05) is 5.16 Å². The molecule has 0 fully saturated rings. The van der Waals surface area contributed by atoms with Crippen molar-refractivity contribution < 1.29 is 33.0 Å². The summed E-state index contributed by atoms with van der Waals surface area (Å²) in [6, 6.07) is 12.5. The normalized spacial score (nSPS) is 13.9. The smallest absolute Gasteiger partial charge is 0.250 e. The summed E-state index contributed by atoms with van der Waals surface area (Å²) in [5, 5.41) is 6.75. The van der Waals surface area contributed by atoms with E-state index >= 15 is 0 Å². The molecule has 2 aliphatic heterocycles. The Morgan fingerprint density at radius 2 is 1.70 bits per heavy atom. The Hall–Kier alpha value is -3.72. The molecule has 1 N–H and O–H groups in total. The molecule has 2 aromatic carbocycles. The Balaban J connectivity index is 1.13. The number of anilines is 1. The maximum absolute atomic E-state index is 12.1. The molecule has 0 spiro atoms. The van der Waals surface area contributed by atoms with Gasteiger partial charge in [-0.15, -0.1) is 0 Å². The Morgan fingerprint density at radius 3 is 2.63 bits per heavy atom. The fourth-order valence-electron chi connectivity index (χ4n) is 3.13. The van der Waals surface area contributed by atoms with E-state index in [1.807, 2.05) is 18.2 Å². The topological polar surface area (TPSA) is 101 Å². The van der Waals surface area contributed by atoms with Gasteiger partial charge in [-0.25, -0.2) is 0 Å². The minimum Gasteiger partial charge on any atom is -0.486 e. The summed E-state index contributed by atoms with van der Waals surface area (Å²) in [5.41, 5.74) is 2.00. The molecule has 154 valence electrons. The lowest BCUT2D eigenvalue weighted by atomic mass is 10.1. The van der Waals surface area contributed by atoms with Crippen LogP contribution in [0.15, 0.2) is 47.0 Å². The second kappa shape index (κ2) is 7.96. The van der Waals surface area contributed by atoms with E-state index in [4.69, 9.17) is 28.2 Å². The summed E-state index contributed by atoms with van der Waals surface area (Å²) in [6.45, 7) is 1.23. The standard InChI is InChI=1S/C21H18N2O7/c24-21(22-14-2-4-16-20(8-14)27-6-5-26-16)11-25-10-15-9-18(30-23-15)13-1-3-17-19(7-13)29-12-28-17/h1-4,7-9H,5-6,10-12H2,(H,22,24). The molecule has 9 nitrogen and oxygen atoms in total. The van der Waals surface area contributed by atoms with Crippen molar-refractivity contribution in [2.24, 2.45) is 0 Å². The molecule has 9 heteroatoms. The average molecular weight is 410 g/mol. The van der Waals surface area contributed by atoms with E-state index in [1.54, 1.807) is 24.3 Å². The summed E-state index contributed by atoms with van der Waals surface area (Å²) in [4.78, 5) is 12.1. The third-order valence-electron chi connectivity index (χ3n) is 4.53. The highest BCUT2D eigenvalue weighted by Crippen LogP contribution is 2.36. The van der Waals surface area contributed by atoms with Crippen LogP contribution in [0.5, 0.6) is 23.0 Å². The lowest BCUT2D eigenvalue weighted by molar-refractivity contribution is -0.121. The van der Waals surface area contributed by atoms with Gasteiger partial charge in [0.15, 0.2) is 28.8 Å². The van der Waals surface area contributed by atoms with E-state index in [-0.39, 0.29) is 25.9 Å². The van der Waals surface area contributed by atoms with Crippen LogP contribution in [0.1, 0.15) is 5.69 Å². The van der Waals surface area contributed by atoms with Gasteiger partial charge < -0.3 is 33.5 Å². The zero-order chi connectivity index (χ0) is 20.3. The number of ether oxygens (including phenoxy) is 5.